The summed E-state index contributed by atoms with van der Waals surface area (Å²) in [6, 6.07) is 7.37. The van der Waals surface area contributed by atoms with Gasteiger partial charge in [-0.25, -0.2) is 0 Å². The van der Waals surface area contributed by atoms with E-state index in [9.17, 15) is 0 Å². The summed E-state index contributed by atoms with van der Waals surface area (Å²) in [5.41, 5.74) is 0.807. The summed E-state index contributed by atoms with van der Waals surface area (Å²) in [6.45, 7) is 1.99. The van der Waals surface area contributed by atoms with E-state index in [1.165, 1.54) is 11.8 Å². The third-order valence-corrected chi connectivity index (χ3v) is 4.78. The molecule has 0 saturated heterocycles. The maximum absolute atomic E-state index is 6.03. The molecule has 2 aromatic heterocycles. The van der Waals surface area contributed by atoms with Gasteiger partial charge in [0.1, 0.15) is 0 Å². The smallest absolute Gasteiger partial charge is 0.239 e. The zero-order valence-corrected chi connectivity index (χ0v) is 13.8. The van der Waals surface area contributed by atoms with Gasteiger partial charge in [-0.15, -0.1) is 5.10 Å². The molecule has 4 rings (SSSR count). The molecule has 1 aliphatic rings. The van der Waals surface area contributed by atoms with Crippen LogP contribution in [0, 0.1) is 0 Å². The van der Waals surface area contributed by atoms with Crippen molar-refractivity contribution in [2.24, 2.45) is 0 Å². The number of hydrogen-bond donors (Lipinski definition) is 0. The van der Waals surface area contributed by atoms with Gasteiger partial charge in [0.15, 0.2) is 5.82 Å². The third-order valence-electron chi connectivity index (χ3n) is 3.52. The van der Waals surface area contributed by atoms with Crippen LogP contribution in [0.4, 0.5) is 0 Å². The molecule has 0 aliphatic heterocycles. The lowest BCUT2D eigenvalue weighted by Crippen LogP contribution is -2.00. The van der Waals surface area contributed by atoms with Crippen molar-refractivity contribution >= 4 is 23.4 Å². The Bertz CT molecular complexity index is 830. The topological polar surface area (TPSA) is 82.5 Å². The monoisotopic (exact) mass is 348 g/mol. The molecule has 1 aliphatic carbocycles. The van der Waals surface area contributed by atoms with Gasteiger partial charge in [-0.05, 0) is 48.4 Å². The number of tetrazole rings is 1. The van der Waals surface area contributed by atoms with Crippen molar-refractivity contribution in [3.05, 3.63) is 41.0 Å². The number of nitrogens with zero attached hydrogens (tertiary/aromatic N) is 6. The number of halogens is 1. The fourth-order valence-electron chi connectivity index (χ4n) is 2.15. The van der Waals surface area contributed by atoms with Crippen LogP contribution in [-0.4, -0.2) is 30.3 Å². The molecule has 0 amide bonds. The molecule has 9 heteroatoms. The van der Waals surface area contributed by atoms with Crippen LogP contribution in [0.25, 0.3) is 5.69 Å². The first-order valence-electron chi connectivity index (χ1n) is 7.25. The fourth-order valence-corrected chi connectivity index (χ4v) is 3.17. The molecule has 1 fully saturated rings. The van der Waals surface area contributed by atoms with E-state index < -0.39 is 0 Å². The quantitative estimate of drug-likeness (QED) is 0.653. The van der Waals surface area contributed by atoms with Crippen LogP contribution < -0.4 is 0 Å². The Kier molecular flexibility index (Phi) is 3.78. The molecular weight excluding hydrogens is 336 g/mol. The summed E-state index contributed by atoms with van der Waals surface area (Å²) in [4.78, 5) is 4.47. The SMILES string of the molecule is C[C@@H](Sc1nnnn1-c1cccc(Cl)c1)c1nc(C2CC2)no1. The van der Waals surface area contributed by atoms with Crippen molar-refractivity contribution in [2.75, 3.05) is 0 Å². The molecule has 118 valence electrons. The van der Waals surface area contributed by atoms with Gasteiger partial charge in [-0.3, -0.25) is 0 Å². The van der Waals surface area contributed by atoms with Crippen molar-refractivity contribution in [3.63, 3.8) is 0 Å². The first-order chi connectivity index (χ1) is 11.2. The average molecular weight is 349 g/mol. The summed E-state index contributed by atoms with van der Waals surface area (Å²) < 4.78 is 7.00. The Morgan fingerprint density at radius 3 is 3.04 bits per heavy atom. The predicted molar refractivity (Wildman–Crippen MR) is 84.7 cm³/mol. The minimum atomic E-state index is -0.0427. The predicted octanol–water partition coefficient (Wildman–Crippen LogP) is 3.43. The second-order valence-corrected chi connectivity index (χ2v) is 7.12. The van der Waals surface area contributed by atoms with Crippen LogP contribution in [-0.2, 0) is 0 Å². The zero-order chi connectivity index (χ0) is 15.8. The van der Waals surface area contributed by atoms with Crippen LogP contribution in [0.2, 0.25) is 5.02 Å². The van der Waals surface area contributed by atoms with E-state index in [-0.39, 0.29) is 5.25 Å². The Labute approximate surface area is 141 Å². The average Bonchev–Trinajstić information content (AvgIpc) is 3.09. The molecule has 0 N–H and O–H groups in total. The molecule has 0 unspecified atom stereocenters. The summed E-state index contributed by atoms with van der Waals surface area (Å²) >= 11 is 7.50. The van der Waals surface area contributed by atoms with Gasteiger partial charge in [0.05, 0.1) is 10.9 Å². The number of aromatic nitrogens is 6. The van der Waals surface area contributed by atoms with Gasteiger partial charge >= 0.3 is 0 Å². The van der Waals surface area contributed by atoms with Crippen LogP contribution in [0.3, 0.4) is 0 Å². The summed E-state index contributed by atoms with van der Waals surface area (Å²) in [5, 5.41) is 17.1. The Balaban J connectivity index is 1.55. The summed E-state index contributed by atoms with van der Waals surface area (Å²) in [5.74, 6) is 1.88. The van der Waals surface area contributed by atoms with Crippen molar-refractivity contribution in [1.29, 1.82) is 0 Å². The van der Waals surface area contributed by atoms with Gasteiger partial charge in [-0.1, -0.05) is 34.6 Å². The molecule has 0 spiro atoms. The van der Waals surface area contributed by atoms with Crippen LogP contribution >= 0.6 is 23.4 Å². The van der Waals surface area contributed by atoms with Gasteiger partial charge in [0.25, 0.3) is 0 Å². The van der Waals surface area contributed by atoms with E-state index >= 15 is 0 Å². The molecule has 7 nitrogen and oxygen atoms in total. The highest BCUT2D eigenvalue weighted by Crippen LogP contribution is 2.40. The van der Waals surface area contributed by atoms with Gasteiger partial charge < -0.3 is 4.52 Å². The normalized spacial score (nSPS) is 15.7. The molecule has 1 aromatic carbocycles. The Morgan fingerprint density at radius 2 is 2.26 bits per heavy atom. The van der Waals surface area contributed by atoms with E-state index in [2.05, 4.69) is 25.7 Å². The molecule has 1 atom stereocenters. The highest BCUT2D eigenvalue weighted by atomic mass is 35.5. The van der Waals surface area contributed by atoms with Crippen molar-refractivity contribution < 1.29 is 4.52 Å². The van der Waals surface area contributed by atoms with E-state index in [1.54, 1.807) is 4.68 Å². The van der Waals surface area contributed by atoms with Crippen molar-refractivity contribution in [1.82, 2.24) is 30.3 Å². The minimum Gasteiger partial charge on any atom is -0.338 e. The van der Waals surface area contributed by atoms with E-state index in [0.717, 1.165) is 24.4 Å². The van der Waals surface area contributed by atoms with Crippen molar-refractivity contribution in [3.8, 4) is 5.69 Å². The highest BCUT2D eigenvalue weighted by molar-refractivity contribution is 7.99. The molecule has 23 heavy (non-hydrogen) atoms. The molecule has 1 saturated carbocycles. The van der Waals surface area contributed by atoms with Crippen LogP contribution in [0.5, 0.6) is 0 Å². The van der Waals surface area contributed by atoms with Gasteiger partial charge in [-0.2, -0.15) is 9.67 Å². The first-order valence-corrected chi connectivity index (χ1v) is 8.51. The largest absolute Gasteiger partial charge is 0.338 e. The Morgan fingerprint density at radius 1 is 1.39 bits per heavy atom. The van der Waals surface area contributed by atoms with E-state index in [0.29, 0.717) is 22.0 Å². The molecule has 0 bridgehead atoms. The highest BCUT2D eigenvalue weighted by Gasteiger charge is 2.30. The molecule has 0 radical (unpaired) electrons. The second kappa shape index (κ2) is 5.93. The fraction of sp³-hybridized carbons (Fsp3) is 0.357. The standard InChI is InChI=1S/C14H13ClN6OS/c1-8(13-16-12(18-22-13)9-5-6-9)23-14-17-19-20-21(14)11-4-2-3-10(15)7-11/h2-4,7-9H,5-6H2,1H3/t8-/m1/s1. The van der Waals surface area contributed by atoms with Crippen molar-refractivity contribution in [2.45, 2.75) is 36.1 Å². The number of rotatable bonds is 5. The first kappa shape index (κ1) is 14.6. The summed E-state index contributed by atoms with van der Waals surface area (Å²) in [6.07, 6.45) is 2.29. The second-order valence-electron chi connectivity index (χ2n) is 5.38. The molecule has 2 heterocycles. The lowest BCUT2D eigenvalue weighted by atomic mass is 10.3. The number of benzene rings is 1. The summed E-state index contributed by atoms with van der Waals surface area (Å²) in [7, 11) is 0. The number of thioether (sulfide) groups is 1. The third kappa shape index (κ3) is 3.09. The lowest BCUT2D eigenvalue weighted by molar-refractivity contribution is 0.374. The van der Waals surface area contributed by atoms with Gasteiger partial charge in [0.2, 0.25) is 11.0 Å². The minimum absolute atomic E-state index is 0.0427. The molecule has 3 aromatic rings. The maximum atomic E-state index is 6.03. The Hall–Kier alpha value is -1.93. The maximum Gasteiger partial charge on any atom is 0.239 e. The molecular formula is C14H13ClN6OS. The zero-order valence-electron chi connectivity index (χ0n) is 12.3. The van der Waals surface area contributed by atoms with Crippen LogP contribution in [0.15, 0.2) is 33.9 Å². The van der Waals surface area contributed by atoms with E-state index in [4.69, 9.17) is 16.1 Å². The lowest BCUT2D eigenvalue weighted by Gasteiger charge is -2.07. The van der Waals surface area contributed by atoms with Gasteiger partial charge in [0, 0.05) is 10.9 Å². The van der Waals surface area contributed by atoms with Crippen LogP contribution in [0.1, 0.15) is 42.6 Å². The van der Waals surface area contributed by atoms with E-state index in [1.807, 2.05) is 31.2 Å². The number of hydrogen-bond acceptors (Lipinski definition) is 7.